The fourth-order valence-electron chi connectivity index (χ4n) is 3.32. The molecule has 0 radical (unpaired) electrons. The predicted octanol–water partition coefficient (Wildman–Crippen LogP) is 2.54. The molecule has 2 N–H and O–H groups in total. The number of aliphatic hydroxyl groups is 2. The lowest BCUT2D eigenvalue weighted by molar-refractivity contribution is 0.0407. The van der Waals surface area contributed by atoms with Gasteiger partial charge in [0.05, 0.1) is 13.2 Å². The lowest BCUT2D eigenvalue weighted by Gasteiger charge is -2.35. The average molecular weight is 264 g/mol. The molecule has 0 amide bonds. The minimum absolute atomic E-state index is 0.119. The van der Waals surface area contributed by atoms with Crippen molar-refractivity contribution in [3.05, 3.63) is 28.3 Å². The largest absolute Gasteiger partial charge is 0.496 e. The maximum atomic E-state index is 10.7. The second-order valence-electron chi connectivity index (χ2n) is 5.72. The van der Waals surface area contributed by atoms with Crippen LogP contribution in [0.3, 0.4) is 0 Å². The lowest BCUT2D eigenvalue weighted by Crippen LogP contribution is -2.29. The van der Waals surface area contributed by atoms with Crippen molar-refractivity contribution in [1.29, 1.82) is 0 Å². The number of hydrogen-bond donors (Lipinski definition) is 2. The SMILES string of the molecule is COc1cc(C)c2c(c1C)[C@H](O)[C@H]([C@H](C)CO)CC2. The zero-order chi connectivity index (χ0) is 14.2. The average Bonchev–Trinajstić information content (AvgIpc) is 2.41. The summed E-state index contributed by atoms with van der Waals surface area (Å²) in [5, 5.41) is 20.0. The van der Waals surface area contributed by atoms with Gasteiger partial charge in [-0.3, -0.25) is 0 Å². The molecule has 0 unspecified atom stereocenters. The number of aryl methyl sites for hydroxylation is 1. The molecule has 1 aliphatic rings. The molecule has 3 atom stereocenters. The first-order chi connectivity index (χ1) is 9.01. The Bertz CT molecular complexity index is 468. The first-order valence-corrected chi connectivity index (χ1v) is 6.97. The van der Waals surface area contributed by atoms with Crippen molar-refractivity contribution in [3.63, 3.8) is 0 Å². The summed E-state index contributed by atoms with van der Waals surface area (Å²) in [7, 11) is 1.66. The molecular formula is C16H24O3. The summed E-state index contributed by atoms with van der Waals surface area (Å²) in [5.41, 5.74) is 4.50. The van der Waals surface area contributed by atoms with E-state index in [1.54, 1.807) is 7.11 Å². The Morgan fingerprint density at radius 1 is 1.42 bits per heavy atom. The summed E-state index contributed by atoms with van der Waals surface area (Å²) in [5.74, 6) is 1.09. The highest BCUT2D eigenvalue weighted by atomic mass is 16.5. The highest BCUT2D eigenvalue weighted by Crippen LogP contribution is 2.43. The number of aliphatic hydroxyl groups excluding tert-OH is 2. The zero-order valence-electron chi connectivity index (χ0n) is 12.2. The van der Waals surface area contributed by atoms with Crippen LogP contribution >= 0.6 is 0 Å². The van der Waals surface area contributed by atoms with Crippen molar-refractivity contribution in [2.45, 2.75) is 39.7 Å². The number of hydrogen-bond acceptors (Lipinski definition) is 3. The van der Waals surface area contributed by atoms with Crippen molar-refractivity contribution in [3.8, 4) is 5.75 Å². The van der Waals surface area contributed by atoms with Crippen LogP contribution in [0.25, 0.3) is 0 Å². The van der Waals surface area contributed by atoms with E-state index >= 15 is 0 Å². The fourth-order valence-corrected chi connectivity index (χ4v) is 3.32. The molecule has 3 heteroatoms. The van der Waals surface area contributed by atoms with Crippen LogP contribution < -0.4 is 4.74 Å². The molecule has 2 rings (SSSR count). The standard InChI is InChI=1S/C16H24O3/c1-9-7-14(19-4)11(3)15-12(9)5-6-13(16(15)18)10(2)8-17/h7,10,13,16-18H,5-6,8H2,1-4H3/t10-,13+,16-/m1/s1. The maximum Gasteiger partial charge on any atom is 0.122 e. The third-order valence-electron chi connectivity index (χ3n) is 4.59. The van der Waals surface area contributed by atoms with E-state index in [9.17, 15) is 10.2 Å². The Labute approximate surface area is 115 Å². The molecular weight excluding hydrogens is 240 g/mol. The van der Waals surface area contributed by atoms with Crippen molar-refractivity contribution in [2.24, 2.45) is 11.8 Å². The van der Waals surface area contributed by atoms with Gasteiger partial charge in [0.15, 0.2) is 0 Å². The molecule has 19 heavy (non-hydrogen) atoms. The molecule has 0 spiro atoms. The molecule has 0 fully saturated rings. The minimum Gasteiger partial charge on any atom is -0.496 e. The van der Waals surface area contributed by atoms with Gasteiger partial charge in [0, 0.05) is 6.61 Å². The Hall–Kier alpha value is -1.06. The second kappa shape index (κ2) is 5.51. The van der Waals surface area contributed by atoms with E-state index in [0.29, 0.717) is 0 Å². The molecule has 0 saturated heterocycles. The molecule has 0 heterocycles. The van der Waals surface area contributed by atoms with E-state index in [4.69, 9.17) is 4.74 Å². The summed E-state index contributed by atoms with van der Waals surface area (Å²) in [6.45, 7) is 6.20. The maximum absolute atomic E-state index is 10.7. The molecule has 0 aliphatic heterocycles. The van der Waals surface area contributed by atoms with Gasteiger partial charge in [0.25, 0.3) is 0 Å². The van der Waals surface area contributed by atoms with Gasteiger partial charge < -0.3 is 14.9 Å². The number of ether oxygens (including phenoxy) is 1. The topological polar surface area (TPSA) is 49.7 Å². The van der Waals surface area contributed by atoms with Crippen LogP contribution in [-0.4, -0.2) is 23.9 Å². The molecule has 1 aliphatic carbocycles. The van der Waals surface area contributed by atoms with Crippen LogP contribution in [0.15, 0.2) is 6.07 Å². The van der Waals surface area contributed by atoms with Gasteiger partial charge in [0.1, 0.15) is 5.75 Å². The summed E-state index contributed by atoms with van der Waals surface area (Å²) >= 11 is 0. The van der Waals surface area contributed by atoms with Crippen LogP contribution in [0.2, 0.25) is 0 Å². The van der Waals surface area contributed by atoms with Crippen molar-refractivity contribution < 1.29 is 14.9 Å². The molecule has 1 aromatic carbocycles. The summed E-state index contributed by atoms with van der Waals surface area (Å²) in [6, 6.07) is 2.05. The predicted molar refractivity (Wildman–Crippen MR) is 75.5 cm³/mol. The summed E-state index contributed by atoms with van der Waals surface area (Å²) in [4.78, 5) is 0. The highest BCUT2D eigenvalue weighted by Gasteiger charge is 2.34. The Balaban J connectivity index is 2.49. The first kappa shape index (κ1) is 14.4. The number of methoxy groups -OCH3 is 1. The Morgan fingerprint density at radius 3 is 2.68 bits per heavy atom. The van der Waals surface area contributed by atoms with Crippen LogP contribution in [0.1, 0.15) is 41.7 Å². The van der Waals surface area contributed by atoms with Gasteiger partial charge in [-0.2, -0.15) is 0 Å². The number of rotatable bonds is 3. The molecule has 0 aromatic heterocycles. The van der Waals surface area contributed by atoms with Gasteiger partial charge in [-0.25, -0.2) is 0 Å². The monoisotopic (exact) mass is 264 g/mol. The van der Waals surface area contributed by atoms with E-state index in [1.165, 1.54) is 11.1 Å². The Kier molecular flexibility index (Phi) is 4.16. The van der Waals surface area contributed by atoms with Crippen LogP contribution in [0.4, 0.5) is 0 Å². The number of fused-ring (bicyclic) bond motifs is 1. The number of benzene rings is 1. The van der Waals surface area contributed by atoms with E-state index in [0.717, 1.165) is 29.7 Å². The molecule has 0 bridgehead atoms. The first-order valence-electron chi connectivity index (χ1n) is 6.97. The van der Waals surface area contributed by atoms with E-state index < -0.39 is 6.10 Å². The van der Waals surface area contributed by atoms with Crippen molar-refractivity contribution in [2.75, 3.05) is 13.7 Å². The third kappa shape index (κ3) is 2.37. The van der Waals surface area contributed by atoms with E-state index in [-0.39, 0.29) is 18.4 Å². The van der Waals surface area contributed by atoms with Crippen LogP contribution in [-0.2, 0) is 6.42 Å². The smallest absolute Gasteiger partial charge is 0.122 e. The van der Waals surface area contributed by atoms with Crippen molar-refractivity contribution >= 4 is 0 Å². The van der Waals surface area contributed by atoms with Crippen LogP contribution in [0.5, 0.6) is 5.75 Å². The van der Waals surface area contributed by atoms with Gasteiger partial charge >= 0.3 is 0 Å². The summed E-state index contributed by atoms with van der Waals surface area (Å²) in [6.07, 6.45) is 1.40. The van der Waals surface area contributed by atoms with Gasteiger partial charge in [-0.05, 0) is 66.8 Å². The molecule has 3 nitrogen and oxygen atoms in total. The highest BCUT2D eigenvalue weighted by molar-refractivity contribution is 5.51. The Morgan fingerprint density at radius 2 is 2.11 bits per heavy atom. The zero-order valence-corrected chi connectivity index (χ0v) is 12.2. The minimum atomic E-state index is -0.500. The summed E-state index contributed by atoms with van der Waals surface area (Å²) < 4.78 is 5.40. The van der Waals surface area contributed by atoms with Crippen molar-refractivity contribution in [1.82, 2.24) is 0 Å². The third-order valence-corrected chi connectivity index (χ3v) is 4.59. The lowest BCUT2D eigenvalue weighted by atomic mass is 9.73. The quantitative estimate of drug-likeness (QED) is 0.882. The molecule has 0 saturated carbocycles. The van der Waals surface area contributed by atoms with Gasteiger partial charge in [-0.1, -0.05) is 6.92 Å². The van der Waals surface area contributed by atoms with E-state index in [1.807, 2.05) is 13.8 Å². The van der Waals surface area contributed by atoms with Gasteiger partial charge in [-0.15, -0.1) is 0 Å². The second-order valence-corrected chi connectivity index (χ2v) is 5.72. The van der Waals surface area contributed by atoms with Crippen LogP contribution in [0, 0.1) is 25.7 Å². The molecule has 106 valence electrons. The van der Waals surface area contributed by atoms with E-state index in [2.05, 4.69) is 13.0 Å². The normalized spacial score (nSPS) is 23.9. The fraction of sp³-hybridized carbons (Fsp3) is 0.625. The van der Waals surface area contributed by atoms with Gasteiger partial charge in [0.2, 0.25) is 0 Å². The molecule has 1 aromatic rings.